The number of hydrogen-bond donors (Lipinski definition) is 1. The van der Waals surface area contributed by atoms with Crippen LogP contribution in [0.5, 0.6) is 0 Å². The Morgan fingerprint density at radius 3 is 2.60 bits per heavy atom. The van der Waals surface area contributed by atoms with Crippen molar-refractivity contribution in [2.45, 2.75) is 58.0 Å². The molecule has 1 aliphatic rings. The molecule has 0 aromatic heterocycles. The number of para-hydroxylation sites is 1. The standard InChI is InChI=1S/C17H25N3/c1-3-11-20(16-9-7-15(19)8-10-16)17-13(2)5-4-6-14(17)12-18/h4-6,15-16H,3,7-11,19H2,1-2H3. The molecule has 0 amide bonds. The second kappa shape index (κ2) is 6.76. The largest absolute Gasteiger partial charge is 0.367 e. The van der Waals surface area contributed by atoms with Gasteiger partial charge in [0.15, 0.2) is 0 Å². The Morgan fingerprint density at radius 2 is 2.00 bits per heavy atom. The molecule has 0 spiro atoms. The lowest BCUT2D eigenvalue weighted by atomic mass is 9.89. The number of anilines is 1. The summed E-state index contributed by atoms with van der Waals surface area (Å²) in [6.07, 6.45) is 5.57. The highest BCUT2D eigenvalue weighted by Crippen LogP contribution is 2.31. The lowest BCUT2D eigenvalue weighted by Gasteiger charge is -2.38. The molecule has 2 N–H and O–H groups in total. The van der Waals surface area contributed by atoms with Gasteiger partial charge >= 0.3 is 0 Å². The van der Waals surface area contributed by atoms with E-state index in [9.17, 15) is 5.26 Å². The molecule has 108 valence electrons. The molecule has 3 nitrogen and oxygen atoms in total. The first kappa shape index (κ1) is 14.9. The lowest BCUT2D eigenvalue weighted by molar-refractivity contribution is 0.375. The van der Waals surface area contributed by atoms with Crippen LogP contribution in [-0.2, 0) is 0 Å². The van der Waals surface area contributed by atoms with Crippen molar-refractivity contribution in [1.82, 2.24) is 0 Å². The molecule has 0 bridgehead atoms. The Hall–Kier alpha value is -1.53. The molecule has 20 heavy (non-hydrogen) atoms. The molecule has 1 saturated carbocycles. The quantitative estimate of drug-likeness (QED) is 0.913. The van der Waals surface area contributed by atoms with E-state index < -0.39 is 0 Å². The minimum atomic E-state index is 0.363. The van der Waals surface area contributed by atoms with Crippen LogP contribution in [0, 0.1) is 18.3 Å². The fraction of sp³-hybridized carbons (Fsp3) is 0.588. The molecule has 0 unspecified atom stereocenters. The highest BCUT2D eigenvalue weighted by Gasteiger charge is 2.26. The van der Waals surface area contributed by atoms with E-state index in [0.717, 1.165) is 49.9 Å². The van der Waals surface area contributed by atoms with Crippen LogP contribution in [0.4, 0.5) is 5.69 Å². The zero-order chi connectivity index (χ0) is 14.5. The highest BCUT2D eigenvalue weighted by molar-refractivity contribution is 5.64. The molecular formula is C17H25N3. The van der Waals surface area contributed by atoms with Crippen molar-refractivity contribution in [2.75, 3.05) is 11.4 Å². The third-order valence-corrected chi connectivity index (χ3v) is 4.29. The fourth-order valence-electron chi connectivity index (χ4n) is 3.26. The van der Waals surface area contributed by atoms with Gasteiger partial charge in [-0.15, -0.1) is 0 Å². The van der Waals surface area contributed by atoms with Crippen molar-refractivity contribution >= 4 is 5.69 Å². The SMILES string of the molecule is CCCN(c1c(C)cccc1C#N)C1CCC(N)CC1. The van der Waals surface area contributed by atoms with Gasteiger partial charge in [0, 0.05) is 18.6 Å². The molecule has 0 saturated heterocycles. The van der Waals surface area contributed by atoms with Crippen LogP contribution < -0.4 is 10.6 Å². The molecule has 0 heterocycles. The lowest BCUT2D eigenvalue weighted by Crippen LogP contribution is -2.42. The third-order valence-electron chi connectivity index (χ3n) is 4.29. The van der Waals surface area contributed by atoms with Gasteiger partial charge in [-0.1, -0.05) is 19.1 Å². The maximum atomic E-state index is 9.40. The first-order valence-electron chi connectivity index (χ1n) is 7.69. The first-order valence-corrected chi connectivity index (χ1v) is 7.69. The minimum absolute atomic E-state index is 0.363. The van der Waals surface area contributed by atoms with Crippen molar-refractivity contribution in [2.24, 2.45) is 5.73 Å². The molecule has 0 atom stereocenters. The van der Waals surface area contributed by atoms with E-state index in [2.05, 4.69) is 30.9 Å². The number of nitrogens with zero attached hydrogens (tertiary/aromatic N) is 2. The normalized spacial score (nSPS) is 22.3. The van der Waals surface area contributed by atoms with Crippen LogP contribution in [-0.4, -0.2) is 18.6 Å². The van der Waals surface area contributed by atoms with Crippen LogP contribution >= 0.6 is 0 Å². The minimum Gasteiger partial charge on any atom is -0.367 e. The van der Waals surface area contributed by atoms with E-state index in [-0.39, 0.29) is 0 Å². The molecule has 1 aromatic rings. The van der Waals surface area contributed by atoms with Crippen LogP contribution in [0.3, 0.4) is 0 Å². The Labute approximate surface area is 122 Å². The predicted molar refractivity (Wildman–Crippen MR) is 83.8 cm³/mol. The van der Waals surface area contributed by atoms with E-state index in [0.29, 0.717) is 12.1 Å². The Morgan fingerprint density at radius 1 is 1.30 bits per heavy atom. The summed E-state index contributed by atoms with van der Waals surface area (Å²) in [5.74, 6) is 0. The molecular weight excluding hydrogens is 246 g/mol. The summed E-state index contributed by atoms with van der Waals surface area (Å²) in [6.45, 7) is 5.32. The average molecular weight is 271 g/mol. The number of hydrogen-bond acceptors (Lipinski definition) is 3. The number of nitrogens with two attached hydrogens (primary N) is 1. The fourth-order valence-corrected chi connectivity index (χ4v) is 3.26. The van der Waals surface area contributed by atoms with Crippen molar-refractivity contribution in [1.29, 1.82) is 5.26 Å². The van der Waals surface area contributed by atoms with E-state index in [1.54, 1.807) is 0 Å². The number of nitriles is 1. The number of rotatable bonds is 4. The molecule has 3 heteroatoms. The van der Waals surface area contributed by atoms with Gasteiger partial charge in [0.2, 0.25) is 0 Å². The smallest absolute Gasteiger partial charge is 0.101 e. The monoisotopic (exact) mass is 271 g/mol. The van der Waals surface area contributed by atoms with Gasteiger partial charge in [0.05, 0.1) is 11.3 Å². The zero-order valence-corrected chi connectivity index (χ0v) is 12.6. The summed E-state index contributed by atoms with van der Waals surface area (Å²) in [4.78, 5) is 2.46. The highest BCUT2D eigenvalue weighted by atomic mass is 15.2. The second-order valence-electron chi connectivity index (χ2n) is 5.84. The van der Waals surface area contributed by atoms with E-state index in [1.165, 1.54) is 5.56 Å². The topological polar surface area (TPSA) is 53.0 Å². The van der Waals surface area contributed by atoms with Crippen molar-refractivity contribution in [3.05, 3.63) is 29.3 Å². The van der Waals surface area contributed by atoms with Crippen LogP contribution in [0.15, 0.2) is 18.2 Å². The molecule has 1 fully saturated rings. The van der Waals surface area contributed by atoms with Crippen LogP contribution in [0.2, 0.25) is 0 Å². The molecule has 1 aromatic carbocycles. The molecule has 2 rings (SSSR count). The van der Waals surface area contributed by atoms with E-state index in [4.69, 9.17) is 5.73 Å². The molecule has 0 aliphatic heterocycles. The van der Waals surface area contributed by atoms with Crippen molar-refractivity contribution in [3.8, 4) is 6.07 Å². The average Bonchev–Trinajstić information content (AvgIpc) is 2.46. The molecule has 1 aliphatic carbocycles. The summed E-state index contributed by atoms with van der Waals surface area (Å²) in [5.41, 5.74) is 9.16. The van der Waals surface area contributed by atoms with E-state index in [1.807, 2.05) is 12.1 Å². The Balaban J connectivity index is 2.31. The number of benzene rings is 1. The maximum Gasteiger partial charge on any atom is 0.101 e. The van der Waals surface area contributed by atoms with Gasteiger partial charge in [-0.05, 0) is 50.7 Å². The summed E-state index contributed by atoms with van der Waals surface area (Å²) >= 11 is 0. The van der Waals surface area contributed by atoms with Crippen LogP contribution in [0.25, 0.3) is 0 Å². The van der Waals surface area contributed by atoms with Gasteiger partial charge in [-0.25, -0.2) is 0 Å². The van der Waals surface area contributed by atoms with Crippen molar-refractivity contribution in [3.63, 3.8) is 0 Å². The van der Waals surface area contributed by atoms with Gasteiger partial charge in [-0.3, -0.25) is 0 Å². The second-order valence-corrected chi connectivity index (χ2v) is 5.84. The summed E-state index contributed by atoms with van der Waals surface area (Å²) in [5, 5.41) is 9.40. The van der Waals surface area contributed by atoms with Crippen LogP contribution in [0.1, 0.15) is 50.2 Å². The maximum absolute atomic E-state index is 9.40. The summed E-state index contributed by atoms with van der Waals surface area (Å²) in [6, 6.07) is 9.26. The first-order chi connectivity index (χ1) is 9.67. The number of aryl methyl sites for hydroxylation is 1. The van der Waals surface area contributed by atoms with Gasteiger partial charge < -0.3 is 10.6 Å². The Bertz CT molecular complexity index is 481. The van der Waals surface area contributed by atoms with E-state index >= 15 is 0 Å². The van der Waals surface area contributed by atoms with Gasteiger partial charge in [0.25, 0.3) is 0 Å². The van der Waals surface area contributed by atoms with Gasteiger partial charge in [0.1, 0.15) is 6.07 Å². The molecule has 0 radical (unpaired) electrons. The van der Waals surface area contributed by atoms with Crippen molar-refractivity contribution < 1.29 is 0 Å². The summed E-state index contributed by atoms with van der Waals surface area (Å²) < 4.78 is 0. The summed E-state index contributed by atoms with van der Waals surface area (Å²) in [7, 11) is 0. The third kappa shape index (κ3) is 3.13. The Kier molecular flexibility index (Phi) is 5.03. The van der Waals surface area contributed by atoms with Gasteiger partial charge in [-0.2, -0.15) is 5.26 Å². The predicted octanol–water partition coefficient (Wildman–Crippen LogP) is 3.35. The zero-order valence-electron chi connectivity index (χ0n) is 12.6.